The summed E-state index contributed by atoms with van der Waals surface area (Å²) in [5, 5.41) is 0. The van der Waals surface area contributed by atoms with Gasteiger partial charge in [0.1, 0.15) is 6.61 Å². The van der Waals surface area contributed by atoms with Gasteiger partial charge in [-0.15, -0.1) is 0 Å². The third-order valence-corrected chi connectivity index (χ3v) is 2.08. The lowest BCUT2D eigenvalue weighted by Crippen LogP contribution is -2.18. The van der Waals surface area contributed by atoms with Crippen molar-refractivity contribution in [2.45, 2.75) is 26.1 Å². The van der Waals surface area contributed by atoms with Gasteiger partial charge in [-0.2, -0.15) is 13.2 Å². The number of carbonyl (C=O) groups excluding carboxylic acids is 1. The van der Waals surface area contributed by atoms with E-state index in [0.717, 1.165) is 12.1 Å². The molecule has 1 aromatic carbocycles. The first-order chi connectivity index (χ1) is 7.82. The van der Waals surface area contributed by atoms with Crippen molar-refractivity contribution in [1.82, 2.24) is 0 Å². The van der Waals surface area contributed by atoms with Gasteiger partial charge in [-0.1, -0.05) is 18.2 Å². The zero-order valence-corrected chi connectivity index (χ0v) is 9.54. The Morgan fingerprint density at radius 2 is 1.88 bits per heavy atom. The first kappa shape index (κ1) is 13.7. The van der Waals surface area contributed by atoms with Crippen LogP contribution in [-0.4, -0.2) is 18.5 Å². The van der Waals surface area contributed by atoms with Gasteiger partial charge in [0.25, 0.3) is 0 Å². The van der Waals surface area contributed by atoms with Crippen molar-refractivity contribution in [3.8, 4) is 0 Å². The maximum Gasteiger partial charge on any atom is 0.417 e. The van der Waals surface area contributed by atoms with Gasteiger partial charge in [0.15, 0.2) is 5.78 Å². The standard InChI is InChI=1S/C12H13F3O2/c1-8(2)17-7-11(16)9-5-3-4-6-10(9)12(13,14)15/h3-6,8H,7H2,1-2H3. The van der Waals surface area contributed by atoms with E-state index in [1.807, 2.05) is 0 Å². The Labute approximate surface area is 97.4 Å². The van der Waals surface area contributed by atoms with Gasteiger partial charge in [-0.05, 0) is 19.9 Å². The summed E-state index contributed by atoms with van der Waals surface area (Å²) < 4.78 is 42.9. The summed E-state index contributed by atoms with van der Waals surface area (Å²) in [6.45, 7) is 3.08. The van der Waals surface area contributed by atoms with E-state index in [-0.39, 0.29) is 18.3 Å². The van der Waals surface area contributed by atoms with Gasteiger partial charge in [0.2, 0.25) is 0 Å². The van der Waals surface area contributed by atoms with Crippen LogP contribution in [0.3, 0.4) is 0 Å². The number of hydrogen-bond donors (Lipinski definition) is 0. The van der Waals surface area contributed by atoms with E-state index in [9.17, 15) is 18.0 Å². The summed E-state index contributed by atoms with van der Waals surface area (Å²) in [5.41, 5.74) is -1.27. The molecule has 0 bridgehead atoms. The monoisotopic (exact) mass is 246 g/mol. The van der Waals surface area contributed by atoms with Crippen molar-refractivity contribution >= 4 is 5.78 Å². The van der Waals surface area contributed by atoms with Crippen LogP contribution in [0.15, 0.2) is 24.3 Å². The Kier molecular flexibility index (Phi) is 4.28. The molecule has 0 atom stereocenters. The molecule has 0 aliphatic rings. The highest BCUT2D eigenvalue weighted by Crippen LogP contribution is 2.31. The van der Waals surface area contributed by atoms with Crippen LogP contribution < -0.4 is 0 Å². The highest BCUT2D eigenvalue weighted by molar-refractivity contribution is 5.98. The second-order valence-corrected chi connectivity index (χ2v) is 3.83. The third kappa shape index (κ3) is 3.85. The van der Waals surface area contributed by atoms with Crippen molar-refractivity contribution in [2.24, 2.45) is 0 Å². The quantitative estimate of drug-likeness (QED) is 0.762. The molecule has 0 saturated carbocycles. The second-order valence-electron chi connectivity index (χ2n) is 3.83. The number of carbonyl (C=O) groups is 1. The molecule has 0 radical (unpaired) electrons. The molecule has 0 unspecified atom stereocenters. The van der Waals surface area contributed by atoms with E-state index < -0.39 is 17.5 Å². The van der Waals surface area contributed by atoms with Gasteiger partial charge in [-0.25, -0.2) is 0 Å². The molecular formula is C12H13F3O2. The van der Waals surface area contributed by atoms with Crippen LogP contribution in [0.1, 0.15) is 29.8 Å². The molecule has 5 heteroatoms. The molecule has 0 aliphatic heterocycles. The van der Waals surface area contributed by atoms with E-state index in [4.69, 9.17) is 4.74 Å². The Morgan fingerprint density at radius 3 is 2.41 bits per heavy atom. The molecule has 1 aromatic rings. The predicted octanol–water partition coefficient (Wildman–Crippen LogP) is 3.31. The average molecular weight is 246 g/mol. The number of benzene rings is 1. The highest BCUT2D eigenvalue weighted by atomic mass is 19.4. The highest BCUT2D eigenvalue weighted by Gasteiger charge is 2.34. The molecule has 0 saturated heterocycles. The fraction of sp³-hybridized carbons (Fsp3) is 0.417. The molecule has 2 nitrogen and oxygen atoms in total. The Hall–Kier alpha value is -1.36. The third-order valence-electron chi connectivity index (χ3n) is 2.08. The van der Waals surface area contributed by atoms with Crippen LogP contribution in [-0.2, 0) is 10.9 Å². The molecule has 0 aliphatic carbocycles. The van der Waals surface area contributed by atoms with E-state index in [2.05, 4.69) is 0 Å². The SMILES string of the molecule is CC(C)OCC(=O)c1ccccc1C(F)(F)F. The van der Waals surface area contributed by atoms with Crippen molar-refractivity contribution in [3.63, 3.8) is 0 Å². The normalized spacial score (nSPS) is 11.9. The minimum Gasteiger partial charge on any atom is -0.371 e. The van der Waals surface area contributed by atoms with Gasteiger partial charge < -0.3 is 4.74 Å². The van der Waals surface area contributed by atoms with E-state index in [1.54, 1.807) is 13.8 Å². The maximum atomic E-state index is 12.6. The van der Waals surface area contributed by atoms with Gasteiger partial charge in [0.05, 0.1) is 11.7 Å². The van der Waals surface area contributed by atoms with Crippen LogP contribution in [0.5, 0.6) is 0 Å². The fourth-order valence-corrected chi connectivity index (χ4v) is 1.29. The topological polar surface area (TPSA) is 26.3 Å². The molecule has 1 rings (SSSR count). The van der Waals surface area contributed by atoms with Crippen LogP contribution in [0.4, 0.5) is 13.2 Å². The Morgan fingerprint density at radius 1 is 1.29 bits per heavy atom. The lowest BCUT2D eigenvalue weighted by atomic mass is 10.0. The summed E-state index contributed by atoms with van der Waals surface area (Å²) >= 11 is 0. The van der Waals surface area contributed by atoms with Crippen molar-refractivity contribution in [2.75, 3.05) is 6.61 Å². The van der Waals surface area contributed by atoms with Gasteiger partial charge in [-0.3, -0.25) is 4.79 Å². The molecule has 94 valence electrons. The lowest BCUT2D eigenvalue weighted by molar-refractivity contribution is -0.137. The van der Waals surface area contributed by atoms with Crippen molar-refractivity contribution < 1.29 is 22.7 Å². The predicted molar refractivity (Wildman–Crippen MR) is 56.9 cm³/mol. The first-order valence-corrected chi connectivity index (χ1v) is 5.13. The van der Waals surface area contributed by atoms with Gasteiger partial charge >= 0.3 is 6.18 Å². The molecule has 0 spiro atoms. The van der Waals surface area contributed by atoms with E-state index in [1.165, 1.54) is 12.1 Å². The molecule has 0 amide bonds. The average Bonchev–Trinajstić information content (AvgIpc) is 2.24. The largest absolute Gasteiger partial charge is 0.417 e. The number of alkyl halides is 3. The summed E-state index contributed by atoms with van der Waals surface area (Å²) in [6.07, 6.45) is -4.72. The molecular weight excluding hydrogens is 233 g/mol. The number of rotatable bonds is 4. The zero-order valence-electron chi connectivity index (χ0n) is 9.54. The van der Waals surface area contributed by atoms with Crippen molar-refractivity contribution in [1.29, 1.82) is 0 Å². The summed E-state index contributed by atoms with van der Waals surface area (Å²) in [4.78, 5) is 11.6. The van der Waals surface area contributed by atoms with E-state index >= 15 is 0 Å². The summed E-state index contributed by atoms with van der Waals surface area (Å²) in [5.74, 6) is -0.661. The smallest absolute Gasteiger partial charge is 0.371 e. The molecule has 0 heterocycles. The first-order valence-electron chi connectivity index (χ1n) is 5.13. The minimum atomic E-state index is -4.52. The minimum absolute atomic E-state index is 0.197. The Balaban J connectivity index is 2.94. The van der Waals surface area contributed by atoms with Crippen LogP contribution >= 0.6 is 0 Å². The zero-order chi connectivity index (χ0) is 13.1. The van der Waals surface area contributed by atoms with Crippen LogP contribution in [0, 0.1) is 0 Å². The second kappa shape index (κ2) is 5.31. The number of halogens is 3. The summed E-state index contributed by atoms with van der Waals surface area (Å²) in [6, 6.07) is 4.71. The molecule has 0 fully saturated rings. The fourth-order valence-electron chi connectivity index (χ4n) is 1.29. The van der Waals surface area contributed by atoms with Crippen molar-refractivity contribution in [3.05, 3.63) is 35.4 Å². The molecule has 17 heavy (non-hydrogen) atoms. The van der Waals surface area contributed by atoms with Crippen LogP contribution in [0.2, 0.25) is 0 Å². The Bertz CT molecular complexity index is 397. The number of hydrogen-bond acceptors (Lipinski definition) is 2. The maximum absolute atomic E-state index is 12.6. The summed E-state index contributed by atoms with van der Waals surface area (Å²) in [7, 11) is 0. The number of ether oxygens (including phenoxy) is 1. The lowest BCUT2D eigenvalue weighted by Gasteiger charge is -2.12. The molecule has 0 N–H and O–H groups in total. The van der Waals surface area contributed by atoms with Gasteiger partial charge in [0, 0.05) is 5.56 Å². The van der Waals surface area contributed by atoms with E-state index in [0.29, 0.717) is 0 Å². The number of Topliss-reactive ketones (excluding diaryl/α,β-unsaturated/α-hetero) is 1. The molecule has 0 aromatic heterocycles. The number of ketones is 1. The van der Waals surface area contributed by atoms with Crippen LogP contribution in [0.25, 0.3) is 0 Å².